The third-order valence-corrected chi connectivity index (χ3v) is 4.38. The lowest BCUT2D eigenvalue weighted by atomic mass is 9.73. The van der Waals surface area contributed by atoms with Crippen molar-refractivity contribution in [3.8, 4) is 11.1 Å². The topological polar surface area (TPSA) is 50.1 Å². The molecule has 0 radical (unpaired) electrons. The highest BCUT2D eigenvalue weighted by Gasteiger charge is 2.33. The summed E-state index contributed by atoms with van der Waals surface area (Å²) < 4.78 is 1.81. The van der Waals surface area contributed by atoms with Crippen molar-refractivity contribution in [3.63, 3.8) is 0 Å². The first-order valence-electron chi connectivity index (χ1n) is 7.15. The van der Waals surface area contributed by atoms with E-state index in [0.717, 1.165) is 31.5 Å². The number of rotatable bonds is 3. The molecule has 2 N–H and O–H groups in total. The van der Waals surface area contributed by atoms with Gasteiger partial charge in [-0.25, -0.2) is 0 Å². The average Bonchev–Trinajstić information content (AvgIpc) is 2.95. The molecule has 2 aromatic rings. The number of nitrogens with zero attached hydrogens (tertiary/aromatic N) is 2. The molecular formula is C16H21N3O. The molecule has 20 heavy (non-hydrogen) atoms. The molecular weight excluding hydrogens is 250 g/mol. The molecule has 0 bridgehead atoms. The number of piperidine rings is 1. The number of aromatic nitrogens is 2. The van der Waals surface area contributed by atoms with Gasteiger partial charge in [0.1, 0.15) is 0 Å². The molecule has 0 unspecified atom stereocenters. The van der Waals surface area contributed by atoms with Crippen molar-refractivity contribution in [3.05, 3.63) is 42.2 Å². The van der Waals surface area contributed by atoms with Crippen LogP contribution in [0.15, 0.2) is 36.7 Å². The van der Waals surface area contributed by atoms with Crippen LogP contribution in [0.5, 0.6) is 0 Å². The minimum Gasteiger partial charge on any atom is -0.395 e. The Bertz CT molecular complexity index is 585. The van der Waals surface area contributed by atoms with Gasteiger partial charge in [0.25, 0.3) is 0 Å². The summed E-state index contributed by atoms with van der Waals surface area (Å²) in [7, 11) is 1.93. The Morgan fingerprint density at radius 2 is 2.10 bits per heavy atom. The second-order valence-corrected chi connectivity index (χ2v) is 5.67. The van der Waals surface area contributed by atoms with Gasteiger partial charge >= 0.3 is 0 Å². The maximum atomic E-state index is 9.92. The molecule has 1 aromatic heterocycles. The van der Waals surface area contributed by atoms with Crippen molar-refractivity contribution >= 4 is 0 Å². The van der Waals surface area contributed by atoms with Crippen LogP contribution in [-0.2, 0) is 12.5 Å². The third kappa shape index (κ3) is 2.37. The summed E-state index contributed by atoms with van der Waals surface area (Å²) in [6, 6.07) is 8.53. The quantitative estimate of drug-likeness (QED) is 0.893. The number of hydrogen-bond donors (Lipinski definition) is 2. The number of aliphatic hydroxyl groups excluding tert-OH is 1. The molecule has 4 heteroatoms. The van der Waals surface area contributed by atoms with E-state index < -0.39 is 0 Å². The molecule has 3 rings (SSSR count). The van der Waals surface area contributed by atoms with Crippen LogP contribution in [-0.4, -0.2) is 34.6 Å². The van der Waals surface area contributed by atoms with E-state index in [1.807, 2.05) is 24.1 Å². The van der Waals surface area contributed by atoms with E-state index in [9.17, 15) is 5.11 Å². The second kappa shape index (κ2) is 5.38. The lowest BCUT2D eigenvalue weighted by Crippen LogP contribution is -2.42. The van der Waals surface area contributed by atoms with Gasteiger partial charge in [0, 0.05) is 24.2 Å². The van der Waals surface area contributed by atoms with Gasteiger partial charge in [-0.05, 0) is 37.1 Å². The molecule has 0 atom stereocenters. The number of hydrogen-bond acceptors (Lipinski definition) is 3. The van der Waals surface area contributed by atoms with Gasteiger partial charge in [0.15, 0.2) is 0 Å². The van der Waals surface area contributed by atoms with E-state index in [-0.39, 0.29) is 12.0 Å². The van der Waals surface area contributed by atoms with Crippen LogP contribution in [0.3, 0.4) is 0 Å². The predicted octanol–water partition coefficient (Wildman–Crippen LogP) is 1.70. The molecule has 1 fully saturated rings. The fourth-order valence-electron chi connectivity index (χ4n) is 3.04. The number of aliphatic hydroxyl groups is 1. The molecule has 4 nitrogen and oxygen atoms in total. The van der Waals surface area contributed by atoms with E-state index in [4.69, 9.17) is 0 Å². The summed E-state index contributed by atoms with van der Waals surface area (Å²) in [5.74, 6) is 0. The lowest BCUT2D eigenvalue weighted by Gasteiger charge is -2.36. The highest BCUT2D eigenvalue weighted by atomic mass is 16.3. The van der Waals surface area contributed by atoms with Gasteiger partial charge in [-0.3, -0.25) is 4.68 Å². The van der Waals surface area contributed by atoms with Crippen molar-refractivity contribution in [2.24, 2.45) is 7.05 Å². The minimum atomic E-state index is -0.0938. The van der Waals surface area contributed by atoms with Crippen molar-refractivity contribution < 1.29 is 5.11 Å². The zero-order chi connectivity index (χ0) is 14.0. The van der Waals surface area contributed by atoms with Gasteiger partial charge in [-0.2, -0.15) is 5.10 Å². The molecule has 106 valence electrons. The minimum absolute atomic E-state index is 0.0938. The van der Waals surface area contributed by atoms with Gasteiger partial charge < -0.3 is 10.4 Å². The Kier molecular flexibility index (Phi) is 3.59. The first kappa shape index (κ1) is 13.3. The summed E-state index contributed by atoms with van der Waals surface area (Å²) in [6.45, 7) is 2.15. The number of benzene rings is 1. The fourth-order valence-corrected chi connectivity index (χ4v) is 3.04. The Morgan fingerprint density at radius 3 is 2.75 bits per heavy atom. The van der Waals surface area contributed by atoms with E-state index in [0.29, 0.717) is 0 Å². The van der Waals surface area contributed by atoms with Gasteiger partial charge in [0.2, 0.25) is 0 Å². The summed E-state index contributed by atoms with van der Waals surface area (Å²) in [5.41, 5.74) is 3.44. The van der Waals surface area contributed by atoms with E-state index >= 15 is 0 Å². The first-order valence-corrected chi connectivity index (χ1v) is 7.15. The van der Waals surface area contributed by atoms with Gasteiger partial charge in [-0.15, -0.1) is 0 Å². The summed E-state index contributed by atoms with van der Waals surface area (Å²) in [6.07, 6.45) is 5.88. The zero-order valence-corrected chi connectivity index (χ0v) is 11.8. The monoisotopic (exact) mass is 271 g/mol. The Balaban J connectivity index is 1.98. The molecule has 2 heterocycles. The highest BCUT2D eigenvalue weighted by Crippen LogP contribution is 2.35. The van der Waals surface area contributed by atoms with E-state index in [1.165, 1.54) is 11.1 Å². The predicted molar refractivity (Wildman–Crippen MR) is 79.5 cm³/mol. The maximum absolute atomic E-state index is 9.92. The third-order valence-electron chi connectivity index (χ3n) is 4.38. The fraction of sp³-hybridized carbons (Fsp3) is 0.438. The molecule has 0 aliphatic carbocycles. The van der Waals surface area contributed by atoms with Crippen molar-refractivity contribution in [2.45, 2.75) is 18.3 Å². The van der Waals surface area contributed by atoms with Crippen LogP contribution in [0.25, 0.3) is 11.1 Å². The van der Waals surface area contributed by atoms with Crippen LogP contribution < -0.4 is 5.32 Å². The summed E-state index contributed by atoms with van der Waals surface area (Å²) in [5, 5.41) is 17.5. The zero-order valence-electron chi connectivity index (χ0n) is 11.8. The Hall–Kier alpha value is -1.65. The number of nitrogens with one attached hydrogen (secondary N) is 1. The largest absolute Gasteiger partial charge is 0.395 e. The molecule has 0 spiro atoms. The standard InChI is InChI=1S/C16H21N3O/c1-19-11-14(10-18-19)13-3-2-4-15(9-13)16(12-20)5-7-17-8-6-16/h2-4,9-11,17,20H,5-8,12H2,1H3. The maximum Gasteiger partial charge on any atom is 0.0568 e. The van der Waals surface area contributed by atoms with Gasteiger partial charge in [-0.1, -0.05) is 24.3 Å². The van der Waals surface area contributed by atoms with Crippen LogP contribution >= 0.6 is 0 Å². The molecule has 1 saturated heterocycles. The highest BCUT2D eigenvalue weighted by molar-refractivity contribution is 5.63. The van der Waals surface area contributed by atoms with Crippen LogP contribution in [0.2, 0.25) is 0 Å². The lowest BCUT2D eigenvalue weighted by molar-refractivity contribution is 0.158. The normalized spacial score (nSPS) is 18.1. The van der Waals surface area contributed by atoms with Crippen LogP contribution in [0.4, 0.5) is 0 Å². The van der Waals surface area contributed by atoms with Crippen molar-refractivity contribution in [1.82, 2.24) is 15.1 Å². The van der Waals surface area contributed by atoms with Gasteiger partial charge in [0.05, 0.1) is 12.8 Å². The Morgan fingerprint density at radius 1 is 1.30 bits per heavy atom. The van der Waals surface area contributed by atoms with E-state index in [2.05, 4.69) is 34.7 Å². The summed E-state index contributed by atoms with van der Waals surface area (Å²) >= 11 is 0. The molecule has 0 saturated carbocycles. The van der Waals surface area contributed by atoms with Crippen molar-refractivity contribution in [2.75, 3.05) is 19.7 Å². The number of aryl methyl sites for hydroxylation is 1. The van der Waals surface area contributed by atoms with Crippen molar-refractivity contribution in [1.29, 1.82) is 0 Å². The van der Waals surface area contributed by atoms with Crippen LogP contribution in [0, 0.1) is 0 Å². The second-order valence-electron chi connectivity index (χ2n) is 5.67. The first-order chi connectivity index (χ1) is 9.73. The molecule has 1 aliphatic rings. The van der Waals surface area contributed by atoms with Crippen LogP contribution in [0.1, 0.15) is 18.4 Å². The Labute approximate surface area is 119 Å². The van der Waals surface area contributed by atoms with E-state index in [1.54, 1.807) is 0 Å². The summed E-state index contributed by atoms with van der Waals surface area (Å²) in [4.78, 5) is 0. The molecule has 0 amide bonds. The molecule has 1 aliphatic heterocycles. The molecule has 1 aromatic carbocycles. The average molecular weight is 271 g/mol. The SMILES string of the molecule is Cn1cc(-c2cccc(C3(CO)CCNCC3)c2)cn1. The smallest absolute Gasteiger partial charge is 0.0568 e.